The average molecular weight is 583 g/mol. The van der Waals surface area contributed by atoms with E-state index in [-0.39, 0.29) is 22.8 Å². The first-order valence-electron chi connectivity index (χ1n) is 12.2. The minimum atomic E-state index is -2.05. The number of benzene rings is 4. The number of hydrogen-bond acceptors (Lipinski definition) is 3. The van der Waals surface area contributed by atoms with Crippen molar-refractivity contribution in [3.8, 4) is 5.75 Å². The lowest BCUT2D eigenvalue weighted by Crippen LogP contribution is -3.00. The third kappa shape index (κ3) is 5.88. The molecule has 0 aliphatic rings. The van der Waals surface area contributed by atoms with Crippen LogP contribution in [-0.4, -0.2) is 12.9 Å². The normalized spacial score (nSPS) is 11.2. The first-order valence-corrected chi connectivity index (χ1v) is 14.2. The Kier molecular flexibility index (Phi) is 9.12. The smallest absolute Gasteiger partial charge is 0.185 e. The van der Waals surface area contributed by atoms with Crippen LogP contribution >= 0.6 is 7.26 Å². The van der Waals surface area contributed by atoms with Crippen molar-refractivity contribution in [1.82, 2.24) is 0 Å². The minimum absolute atomic E-state index is 0. The molecule has 0 radical (unpaired) electrons. The monoisotopic (exact) mass is 582 g/mol. The molecule has 0 unspecified atom stereocenters. The van der Waals surface area contributed by atoms with Gasteiger partial charge in [-0.3, -0.25) is 4.79 Å². The van der Waals surface area contributed by atoms with Gasteiger partial charge in [0, 0.05) is 5.56 Å². The van der Waals surface area contributed by atoms with Gasteiger partial charge < -0.3 is 26.1 Å². The molecule has 5 heteroatoms. The van der Waals surface area contributed by atoms with Crippen LogP contribution in [0.2, 0.25) is 0 Å². The van der Waals surface area contributed by atoms with Gasteiger partial charge in [-0.15, -0.1) is 0 Å². The second-order valence-electron chi connectivity index (χ2n) is 8.70. The van der Waals surface area contributed by atoms with Crippen molar-refractivity contribution < 1.29 is 30.9 Å². The molecule has 0 amide bonds. The Morgan fingerprint density at radius 2 is 1.21 bits per heavy atom. The number of halogens is 1. The summed E-state index contributed by atoms with van der Waals surface area (Å²) in [4.78, 5) is 12.6. The number of rotatable bonds is 9. The van der Waals surface area contributed by atoms with E-state index in [1.54, 1.807) is 43.5 Å². The number of furan rings is 1. The molecule has 0 N–H and O–H groups in total. The Bertz CT molecular complexity index is 1380. The van der Waals surface area contributed by atoms with Crippen LogP contribution in [-0.2, 0) is 6.16 Å². The van der Waals surface area contributed by atoms with E-state index in [0.717, 1.165) is 17.7 Å². The van der Waals surface area contributed by atoms with Gasteiger partial charge in [-0.2, -0.15) is 0 Å². The molecule has 0 aliphatic heterocycles. The molecule has 4 aromatic carbocycles. The van der Waals surface area contributed by atoms with Crippen molar-refractivity contribution in [3.05, 3.63) is 151 Å². The maximum atomic E-state index is 12.6. The molecule has 0 aliphatic carbocycles. The van der Waals surface area contributed by atoms with Gasteiger partial charge in [-0.25, -0.2) is 0 Å². The molecule has 190 valence electrons. The Hall–Kier alpha value is -3.72. The fraction of sp³-hybridized carbons (Fsp3) is 0.0606. The zero-order valence-corrected chi connectivity index (χ0v) is 23.5. The van der Waals surface area contributed by atoms with Gasteiger partial charge in [0.25, 0.3) is 0 Å². The van der Waals surface area contributed by atoms with Crippen molar-refractivity contribution >= 4 is 35.0 Å². The zero-order valence-electron chi connectivity index (χ0n) is 21.0. The molecule has 0 spiro atoms. The van der Waals surface area contributed by atoms with E-state index in [2.05, 4.69) is 91.0 Å². The first kappa shape index (κ1) is 27.3. The van der Waals surface area contributed by atoms with Gasteiger partial charge >= 0.3 is 0 Å². The highest BCUT2D eigenvalue weighted by molar-refractivity contribution is 7.95. The fourth-order valence-corrected chi connectivity index (χ4v) is 8.70. The van der Waals surface area contributed by atoms with Gasteiger partial charge in [-0.1, -0.05) is 54.6 Å². The average Bonchev–Trinajstić information content (AvgIpc) is 3.43. The predicted molar refractivity (Wildman–Crippen MR) is 154 cm³/mol. The van der Waals surface area contributed by atoms with Crippen molar-refractivity contribution in [2.24, 2.45) is 0 Å². The molecular formula is C33H28BrO3P. The minimum Gasteiger partial charge on any atom is -1.00 e. The third-order valence-electron chi connectivity index (χ3n) is 6.44. The van der Waals surface area contributed by atoms with Gasteiger partial charge in [-0.05, 0) is 84.9 Å². The number of ketones is 1. The molecule has 0 atom stereocenters. The van der Waals surface area contributed by atoms with Crippen LogP contribution in [0.4, 0.5) is 0 Å². The number of allylic oxidation sites excluding steroid dienone is 1. The summed E-state index contributed by atoms with van der Waals surface area (Å²) in [5, 5.41) is 3.90. The van der Waals surface area contributed by atoms with Crippen LogP contribution in [0, 0.1) is 0 Å². The summed E-state index contributed by atoms with van der Waals surface area (Å²) >= 11 is 0. The Morgan fingerprint density at radius 3 is 1.68 bits per heavy atom. The van der Waals surface area contributed by atoms with Crippen LogP contribution in [0.5, 0.6) is 5.75 Å². The van der Waals surface area contributed by atoms with Crippen LogP contribution in [0.1, 0.15) is 21.9 Å². The van der Waals surface area contributed by atoms with Gasteiger partial charge in [0.1, 0.15) is 46.6 Å². The second-order valence-corrected chi connectivity index (χ2v) is 12.2. The molecule has 5 rings (SSSR count). The predicted octanol–water partition coefficient (Wildman–Crippen LogP) is 3.68. The Labute approximate surface area is 234 Å². The van der Waals surface area contributed by atoms with Crippen molar-refractivity contribution in [2.75, 3.05) is 7.11 Å². The summed E-state index contributed by atoms with van der Waals surface area (Å²) in [5.74, 6) is 2.18. The van der Waals surface area contributed by atoms with Crippen LogP contribution < -0.4 is 37.6 Å². The fourth-order valence-electron chi connectivity index (χ4n) is 4.58. The lowest BCUT2D eigenvalue weighted by molar-refractivity contribution is -0.0000154. The molecule has 38 heavy (non-hydrogen) atoms. The van der Waals surface area contributed by atoms with Gasteiger partial charge in [0.2, 0.25) is 0 Å². The largest absolute Gasteiger partial charge is 1.00 e. The number of carbonyl (C=O) groups excluding carboxylic acids is 1. The molecule has 5 aromatic rings. The maximum absolute atomic E-state index is 12.6. The standard InChI is InChI=1S/C33H28O3P.BrH/c1-35-27-19-17-26(18-20-27)33(34)24-23-28-21-22-29(36-28)25-37(30-11-5-2-6-12-30,31-13-7-3-8-14-31)32-15-9-4-10-16-32;/h2-24H,25H2,1H3;1H/q+1;/p-1. The molecule has 0 saturated heterocycles. The molecule has 1 aromatic heterocycles. The first-order chi connectivity index (χ1) is 18.2. The summed E-state index contributed by atoms with van der Waals surface area (Å²) in [5.41, 5.74) is 0.603. The zero-order chi connectivity index (χ0) is 25.5. The highest BCUT2D eigenvalue weighted by Crippen LogP contribution is 2.58. The van der Waals surface area contributed by atoms with E-state index in [0.29, 0.717) is 11.3 Å². The molecule has 0 bridgehead atoms. The lowest BCUT2D eigenvalue weighted by atomic mass is 10.1. The van der Waals surface area contributed by atoms with E-state index >= 15 is 0 Å². The van der Waals surface area contributed by atoms with Crippen molar-refractivity contribution in [2.45, 2.75) is 6.16 Å². The van der Waals surface area contributed by atoms with Crippen molar-refractivity contribution in [1.29, 1.82) is 0 Å². The van der Waals surface area contributed by atoms with E-state index in [1.165, 1.54) is 15.9 Å². The molecular weight excluding hydrogens is 555 g/mol. The summed E-state index contributed by atoms with van der Waals surface area (Å²) < 4.78 is 11.5. The molecule has 0 saturated carbocycles. The van der Waals surface area contributed by atoms with Crippen molar-refractivity contribution in [3.63, 3.8) is 0 Å². The number of methoxy groups -OCH3 is 1. The summed E-state index contributed by atoms with van der Waals surface area (Å²) in [6, 6.07) is 43.2. The van der Waals surface area contributed by atoms with E-state index < -0.39 is 7.26 Å². The number of carbonyl (C=O) groups is 1. The Balaban J connectivity index is 0.00000336. The quantitative estimate of drug-likeness (QED) is 0.151. The third-order valence-corrected chi connectivity index (χ3v) is 10.8. The van der Waals surface area contributed by atoms with Crippen LogP contribution in [0.25, 0.3) is 6.08 Å². The maximum Gasteiger partial charge on any atom is 0.185 e. The highest BCUT2D eigenvalue weighted by atomic mass is 79.9. The van der Waals surface area contributed by atoms with Crippen LogP contribution in [0.15, 0.2) is 138 Å². The molecule has 1 heterocycles. The van der Waals surface area contributed by atoms with Gasteiger partial charge in [0.15, 0.2) is 5.78 Å². The van der Waals surface area contributed by atoms with E-state index in [1.807, 2.05) is 12.1 Å². The van der Waals surface area contributed by atoms with E-state index in [9.17, 15) is 4.79 Å². The van der Waals surface area contributed by atoms with E-state index in [4.69, 9.17) is 9.15 Å². The highest BCUT2D eigenvalue weighted by Gasteiger charge is 2.46. The summed E-state index contributed by atoms with van der Waals surface area (Å²) in [6.45, 7) is 0. The molecule has 3 nitrogen and oxygen atoms in total. The van der Waals surface area contributed by atoms with Crippen LogP contribution in [0.3, 0.4) is 0 Å². The summed E-state index contributed by atoms with van der Waals surface area (Å²) in [6.07, 6.45) is 4.04. The second kappa shape index (κ2) is 12.7. The topological polar surface area (TPSA) is 39.4 Å². The number of ether oxygens (including phenoxy) is 1. The Morgan fingerprint density at radius 1 is 0.711 bits per heavy atom. The van der Waals surface area contributed by atoms with Gasteiger partial charge in [0.05, 0.1) is 7.11 Å². The SMILES string of the molecule is COc1ccc(C(=O)C=Cc2ccc(C[P+](c3ccccc3)(c3ccccc3)c3ccccc3)o2)cc1.[Br-]. The molecule has 0 fully saturated rings. The number of hydrogen-bond donors (Lipinski definition) is 0. The lowest BCUT2D eigenvalue weighted by Gasteiger charge is -2.26. The summed E-state index contributed by atoms with van der Waals surface area (Å²) in [7, 11) is -0.445.